The summed E-state index contributed by atoms with van der Waals surface area (Å²) in [4.78, 5) is 11.3. The van der Waals surface area contributed by atoms with Gasteiger partial charge in [0.15, 0.2) is 0 Å². The molecule has 0 heterocycles. The molecule has 1 N–H and O–H groups in total. The summed E-state index contributed by atoms with van der Waals surface area (Å²) in [6, 6.07) is 7.78. The van der Waals surface area contributed by atoms with Gasteiger partial charge in [-0.05, 0) is 30.4 Å². The Morgan fingerprint density at radius 3 is 2.60 bits per heavy atom. The molecule has 0 aliphatic heterocycles. The summed E-state index contributed by atoms with van der Waals surface area (Å²) in [6.07, 6.45) is 0. The summed E-state index contributed by atoms with van der Waals surface area (Å²) in [5.41, 5.74) is 1.98. The van der Waals surface area contributed by atoms with Crippen molar-refractivity contribution in [1.29, 1.82) is 0 Å². The third-order valence-electron chi connectivity index (χ3n) is 2.07. The zero-order chi connectivity index (χ0) is 11.3. The van der Waals surface area contributed by atoms with Crippen LogP contribution in [-0.2, 0) is 4.79 Å². The van der Waals surface area contributed by atoms with Gasteiger partial charge in [-0.15, -0.1) is 0 Å². The number of nitrogens with one attached hydrogen (secondary N) is 1. The van der Waals surface area contributed by atoms with Crippen LogP contribution in [0, 0.1) is 11.8 Å². The molecule has 1 aromatic carbocycles. The van der Waals surface area contributed by atoms with E-state index in [9.17, 15) is 4.79 Å². The van der Waals surface area contributed by atoms with E-state index in [1.54, 1.807) is 6.92 Å². The lowest BCUT2D eigenvalue weighted by Crippen LogP contribution is -2.10. The first-order valence-corrected chi connectivity index (χ1v) is 4.97. The Labute approximate surface area is 90.7 Å². The summed E-state index contributed by atoms with van der Waals surface area (Å²) in [5, 5.41) is 2.78. The van der Waals surface area contributed by atoms with E-state index in [0.717, 1.165) is 11.3 Å². The van der Waals surface area contributed by atoms with Gasteiger partial charge < -0.3 is 5.32 Å². The van der Waals surface area contributed by atoms with Gasteiger partial charge in [0.1, 0.15) is 0 Å². The monoisotopic (exact) mass is 201 g/mol. The lowest BCUT2D eigenvalue weighted by atomic mass is 10.0. The Kier molecular flexibility index (Phi) is 3.93. The fourth-order valence-electron chi connectivity index (χ4n) is 1.38. The number of rotatable bonds is 2. The second-order valence-electron chi connectivity index (χ2n) is 3.57. The highest BCUT2D eigenvalue weighted by molar-refractivity contribution is 6.04. The van der Waals surface area contributed by atoms with Gasteiger partial charge in [0.2, 0.25) is 0 Å². The second kappa shape index (κ2) is 5.21. The van der Waals surface area contributed by atoms with Gasteiger partial charge in [-0.2, -0.15) is 0 Å². The van der Waals surface area contributed by atoms with E-state index in [1.165, 1.54) is 0 Å². The third-order valence-corrected chi connectivity index (χ3v) is 2.07. The minimum absolute atomic E-state index is 0.259. The van der Waals surface area contributed by atoms with Crippen LogP contribution in [0.1, 0.15) is 32.3 Å². The number of carbonyl (C=O) groups excluding carboxylic acids is 1. The Morgan fingerprint density at radius 2 is 2.00 bits per heavy atom. The van der Waals surface area contributed by atoms with E-state index in [-0.39, 0.29) is 5.91 Å². The Morgan fingerprint density at radius 1 is 1.33 bits per heavy atom. The largest absolute Gasteiger partial charge is 0.315 e. The highest BCUT2D eigenvalue weighted by atomic mass is 16.1. The summed E-state index contributed by atoms with van der Waals surface area (Å²) in [5.74, 6) is 5.16. The maximum Gasteiger partial charge on any atom is 0.300 e. The first kappa shape index (κ1) is 11.3. The molecular weight excluding hydrogens is 186 g/mol. The van der Waals surface area contributed by atoms with Crippen molar-refractivity contribution in [3.63, 3.8) is 0 Å². The summed E-state index contributed by atoms with van der Waals surface area (Å²) in [6.45, 7) is 5.83. The van der Waals surface area contributed by atoms with Crippen molar-refractivity contribution in [2.24, 2.45) is 0 Å². The minimum atomic E-state index is -0.259. The number of carbonyl (C=O) groups is 1. The van der Waals surface area contributed by atoms with E-state index in [0.29, 0.717) is 5.92 Å². The van der Waals surface area contributed by atoms with Gasteiger partial charge in [-0.1, -0.05) is 38.0 Å². The van der Waals surface area contributed by atoms with Crippen molar-refractivity contribution in [3.05, 3.63) is 29.8 Å². The van der Waals surface area contributed by atoms with Crippen molar-refractivity contribution >= 4 is 11.6 Å². The van der Waals surface area contributed by atoms with Crippen molar-refractivity contribution in [3.8, 4) is 11.8 Å². The normalized spacial score (nSPS) is 9.33. The van der Waals surface area contributed by atoms with Gasteiger partial charge in [0.25, 0.3) is 5.91 Å². The van der Waals surface area contributed by atoms with Gasteiger partial charge in [-0.3, -0.25) is 4.79 Å². The molecule has 0 bridgehead atoms. The van der Waals surface area contributed by atoms with E-state index in [4.69, 9.17) is 0 Å². The Balaban J connectivity index is 2.92. The highest BCUT2D eigenvalue weighted by Gasteiger charge is 2.06. The van der Waals surface area contributed by atoms with Crippen molar-refractivity contribution in [1.82, 2.24) is 0 Å². The van der Waals surface area contributed by atoms with Crippen LogP contribution in [0.2, 0.25) is 0 Å². The summed E-state index contributed by atoms with van der Waals surface area (Å²) in [7, 11) is 0. The predicted octanol–water partition coefficient (Wildman–Crippen LogP) is 2.77. The number of hydrogen-bond donors (Lipinski definition) is 1. The number of anilines is 1. The van der Waals surface area contributed by atoms with Crippen molar-refractivity contribution in [2.75, 3.05) is 5.32 Å². The molecule has 2 heteroatoms. The molecule has 0 aliphatic carbocycles. The van der Waals surface area contributed by atoms with E-state index >= 15 is 0 Å². The molecule has 0 unspecified atom stereocenters. The van der Waals surface area contributed by atoms with Crippen molar-refractivity contribution < 1.29 is 4.79 Å². The molecule has 0 fully saturated rings. The molecule has 2 nitrogen and oxygen atoms in total. The molecule has 0 saturated heterocycles. The molecule has 0 aromatic heterocycles. The number of hydrogen-bond acceptors (Lipinski definition) is 1. The zero-order valence-corrected chi connectivity index (χ0v) is 9.29. The molecule has 1 aromatic rings. The fourth-order valence-corrected chi connectivity index (χ4v) is 1.38. The maximum absolute atomic E-state index is 11.3. The fraction of sp³-hybridized carbons (Fsp3) is 0.308. The number of para-hydroxylation sites is 1. The average molecular weight is 201 g/mol. The van der Waals surface area contributed by atoms with Gasteiger partial charge in [0, 0.05) is 5.69 Å². The topological polar surface area (TPSA) is 29.1 Å². The smallest absolute Gasteiger partial charge is 0.300 e. The number of benzene rings is 1. The molecule has 1 rings (SSSR count). The molecule has 0 radical (unpaired) electrons. The van der Waals surface area contributed by atoms with Crippen LogP contribution < -0.4 is 5.32 Å². The Hall–Kier alpha value is -1.75. The van der Waals surface area contributed by atoms with Crippen LogP contribution in [0.4, 0.5) is 5.69 Å². The van der Waals surface area contributed by atoms with Crippen LogP contribution in [0.5, 0.6) is 0 Å². The SMILES string of the molecule is CC#CC(=O)Nc1ccccc1C(C)C. The lowest BCUT2D eigenvalue weighted by molar-refractivity contribution is -0.111. The predicted molar refractivity (Wildman–Crippen MR) is 62.6 cm³/mol. The maximum atomic E-state index is 11.3. The molecule has 0 spiro atoms. The molecule has 15 heavy (non-hydrogen) atoms. The Bertz CT molecular complexity index is 410. The average Bonchev–Trinajstić information content (AvgIpc) is 2.18. The van der Waals surface area contributed by atoms with E-state index in [1.807, 2.05) is 24.3 Å². The summed E-state index contributed by atoms with van der Waals surface area (Å²) >= 11 is 0. The van der Waals surface area contributed by atoms with Crippen LogP contribution >= 0.6 is 0 Å². The molecular formula is C13H15NO. The van der Waals surface area contributed by atoms with E-state index < -0.39 is 0 Å². The highest BCUT2D eigenvalue weighted by Crippen LogP contribution is 2.23. The lowest BCUT2D eigenvalue weighted by Gasteiger charge is -2.11. The molecule has 0 aliphatic rings. The van der Waals surface area contributed by atoms with Crippen molar-refractivity contribution in [2.45, 2.75) is 26.7 Å². The molecule has 1 amide bonds. The number of amides is 1. The van der Waals surface area contributed by atoms with Crippen LogP contribution in [-0.4, -0.2) is 5.91 Å². The first-order chi connectivity index (χ1) is 7.15. The van der Waals surface area contributed by atoms with Gasteiger partial charge in [0.05, 0.1) is 0 Å². The van der Waals surface area contributed by atoms with Crippen LogP contribution in [0.15, 0.2) is 24.3 Å². The summed E-state index contributed by atoms with van der Waals surface area (Å²) < 4.78 is 0. The first-order valence-electron chi connectivity index (χ1n) is 4.97. The molecule has 78 valence electrons. The van der Waals surface area contributed by atoms with E-state index in [2.05, 4.69) is 31.0 Å². The molecule has 0 saturated carbocycles. The minimum Gasteiger partial charge on any atom is -0.315 e. The zero-order valence-electron chi connectivity index (χ0n) is 9.29. The quantitative estimate of drug-likeness (QED) is 0.732. The van der Waals surface area contributed by atoms with Crippen LogP contribution in [0.25, 0.3) is 0 Å². The third kappa shape index (κ3) is 3.14. The van der Waals surface area contributed by atoms with Crippen LogP contribution in [0.3, 0.4) is 0 Å². The van der Waals surface area contributed by atoms with Gasteiger partial charge in [-0.25, -0.2) is 0 Å². The second-order valence-corrected chi connectivity index (χ2v) is 3.57. The van der Waals surface area contributed by atoms with Gasteiger partial charge >= 0.3 is 0 Å². The molecule has 0 atom stereocenters. The standard InChI is InChI=1S/C13H15NO/c1-4-7-13(15)14-12-9-6-5-8-11(12)10(2)3/h5-6,8-10H,1-3H3,(H,14,15).